The van der Waals surface area contributed by atoms with Crippen molar-refractivity contribution in [2.45, 2.75) is 6.54 Å². The van der Waals surface area contributed by atoms with E-state index in [9.17, 15) is 4.79 Å². The molecule has 5 nitrogen and oxygen atoms in total. The first-order chi connectivity index (χ1) is 16.4. The Labute approximate surface area is 219 Å². The van der Waals surface area contributed by atoms with Crippen LogP contribution in [0.5, 0.6) is 0 Å². The van der Waals surface area contributed by atoms with Crippen LogP contribution in [0.4, 0.5) is 0 Å². The Balaban J connectivity index is 1.28. The van der Waals surface area contributed by atoms with Gasteiger partial charge < -0.3 is 14.2 Å². The van der Waals surface area contributed by atoms with Gasteiger partial charge in [-0.1, -0.05) is 57.3 Å². The standard InChI is InChI=1S/C25H17BrCl2N2O3S/c26-16-6-4-15(5-7-16)21-11-9-18(33-21)14-29-25(34)30-23(31)13-10-17-8-12-22(32-17)19-2-1-3-20(27)24(19)28/h1-13H,14H2,(H2,29,30,31,34)/b13-10+. The van der Waals surface area contributed by atoms with E-state index in [1.54, 1.807) is 30.3 Å². The first-order valence-corrected chi connectivity index (χ1v) is 12.0. The molecule has 0 aliphatic carbocycles. The molecular formula is C25H17BrCl2N2O3S. The molecule has 0 fully saturated rings. The number of furan rings is 2. The number of nitrogens with one attached hydrogen (secondary N) is 2. The van der Waals surface area contributed by atoms with E-state index in [2.05, 4.69) is 26.6 Å². The predicted molar refractivity (Wildman–Crippen MR) is 143 cm³/mol. The molecule has 4 aromatic rings. The molecule has 0 aliphatic heterocycles. The zero-order valence-corrected chi connectivity index (χ0v) is 21.4. The van der Waals surface area contributed by atoms with Gasteiger partial charge in [0.05, 0.1) is 16.6 Å². The van der Waals surface area contributed by atoms with E-state index < -0.39 is 5.91 Å². The van der Waals surface area contributed by atoms with E-state index in [0.717, 1.165) is 15.8 Å². The lowest BCUT2D eigenvalue weighted by atomic mass is 10.2. The van der Waals surface area contributed by atoms with Crippen LogP contribution in [-0.2, 0) is 11.3 Å². The lowest BCUT2D eigenvalue weighted by molar-refractivity contribution is -0.115. The second kappa shape index (κ2) is 11.1. The van der Waals surface area contributed by atoms with Gasteiger partial charge in [0.2, 0.25) is 5.91 Å². The maximum atomic E-state index is 12.2. The van der Waals surface area contributed by atoms with E-state index in [1.165, 1.54) is 12.2 Å². The molecule has 0 bridgehead atoms. The third kappa shape index (κ3) is 6.18. The van der Waals surface area contributed by atoms with Gasteiger partial charge in [0.1, 0.15) is 23.0 Å². The fraction of sp³-hybridized carbons (Fsp3) is 0.0400. The van der Waals surface area contributed by atoms with Gasteiger partial charge in [0.25, 0.3) is 0 Å². The van der Waals surface area contributed by atoms with Gasteiger partial charge in [-0.2, -0.15) is 0 Å². The van der Waals surface area contributed by atoms with Crippen LogP contribution in [0.1, 0.15) is 11.5 Å². The van der Waals surface area contributed by atoms with Crippen molar-refractivity contribution >= 4 is 68.4 Å². The largest absolute Gasteiger partial charge is 0.459 e. The van der Waals surface area contributed by atoms with Crippen molar-refractivity contribution in [1.82, 2.24) is 10.6 Å². The van der Waals surface area contributed by atoms with Crippen molar-refractivity contribution in [2.75, 3.05) is 0 Å². The SMILES string of the molecule is O=C(/C=C/c1ccc(-c2cccc(Cl)c2Cl)o1)NC(=S)NCc1ccc(-c2ccc(Br)cc2)o1. The van der Waals surface area contributed by atoms with Crippen LogP contribution in [0, 0.1) is 0 Å². The molecule has 0 saturated heterocycles. The minimum Gasteiger partial charge on any atom is -0.459 e. The summed E-state index contributed by atoms with van der Waals surface area (Å²) in [7, 11) is 0. The molecule has 0 radical (unpaired) electrons. The molecule has 1 amide bonds. The molecule has 0 spiro atoms. The highest BCUT2D eigenvalue weighted by Crippen LogP contribution is 2.34. The molecule has 2 aromatic carbocycles. The number of amides is 1. The van der Waals surface area contributed by atoms with Crippen LogP contribution in [0.3, 0.4) is 0 Å². The molecule has 4 rings (SSSR count). The number of benzene rings is 2. The summed E-state index contributed by atoms with van der Waals surface area (Å²) in [4.78, 5) is 12.2. The average Bonchev–Trinajstić information content (AvgIpc) is 3.49. The third-order valence-electron chi connectivity index (χ3n) is 4.69. The Bertz CT molecular complexity index is 1360. The number of carbonyl (C=O) groups is 1. The lowest BCUT2D eigenvalue weighted by Gasteiger charge is -2.06. The molecule has 0 unspecified atom stereocenters. The van der Waals surface area contributed by atoms with Gasteiger partial charge in [-0.15, -0.1) is 0 Å². The number of thiocarbonyl (C=S) groups is 1. The molecule has 9 heteroatoms. The van der Waals surface area contributed by atoms with E-state index in [0.29, 0.717) is 39.4 Å². The summed E-state index contributed by atoms with van der Waals surface area (Å²) in [5.41, 5.74) is 1.64. The van der Waals surface area contributed by atoms with Crippen molar-refractivity contribution in [3.05, 3.63) is 98.8 Å². The maximum Gasteiger partial charge on any atom is 0.250 e. The fourth-order valence-corrected chi connectivity index (χ4v) is 3.88. The highest BCUT2D eigenvalue weighted by molar-refractivity contribution is 9.10. The lowest BCUT2D eigenvalue weighted by Crippen LogP contribution is -2.37. The Kier molecular flexibility index (Phi) is 7.90. The molecule has 2 heterocycles. The Morgan fingerprint density at radius 3 is 2.53 bits per heavy atom. The summed E-state index contributed by atoms with van der Waals surface area (Å²) >= 11 is 20.9. The number of halogens is 3. The zero-order valence-electron chi connectivity index (χ0n) is 17.5. The van der Waals surface area contributed by atoms with Gasteiger partial charge in [0.15, 0.2) is 5.11 Å². The molecule has 2 aromatic heterocycles. The average molecular weight is 576 g/mol. The molecular weight excluding hydrogens is 559 g/mol. The minimum absolute atomic E-state index is 0.182. The molecule has 0 atom stereocenters. The molecule has 172 valence electrons. The molecule has 0 aliphatic rings. The normalized spacial score (nSPS) is 11.0. The van der Waals surface area contributed by atoms with Crippen molar-refractivity contribution in [2.24, 2.45) is 0 Å². The summed E-state index contributed by atoms with van der Waals surface area (Å²) in [5, 5.41) is 6.57. The summed E-state index contributed by atoms with van der Waals surface area (Å²) in [6.45, 7) is 0.335. The highest BCUT2D eigenvalue weighted by atomic mass is 79.9. The fourth-order valence-electron chi connectivity index (χ4n) is 3.05. The van der Waals surface area contributed by atoms with E-state index in [4.69, 9.17) is 44.3 Å². The van der Waals surface area contributed by atoms with Crippen molar-refractivity contribution in [3.63, 3.8) is 0 Å². The molecule has 0 saturated carbocycles. The van der Waals surface area contributed by atoms with Crippen LogP contribution in [-0.4, -0.2) is 11.0 Å². The maximum absolute atomic E-state index is 12.2. The Morgan fingerprint density at radius 2 is 1.74 bits per heavy atom. The second-order valence-electron chi connectivity index (χ2n) is 7.08. The smallest absolute Gasteiger partial charge is 0.250 e. The van der Waals surface area contributed by atoms with Crippen LogP contribution in [0.15, 0.2) is 86.1 Å². The first kappa shape index (κ1) is 24.3. The van der Waals surface area contributed by atoms with Gasteiger partial charge in [-0.25, -0.2) is 0 Å². The summed E-state index contributed by atoms with van der Waals surface area (Å²) in [5.74, 6) is 2.07. The first-order valence-electron chi connectivity index (χ1n) is 10.0. The van der Waals surface area contributed by atoms with Gasteiger partial charge in [0, 0.05) is 21.7 Å². The van der Waals surface area contributed by atoms with Crippen molar-refractivity contribution in [3.8, 4) is 22.6 Å². The number of carbonyl (C=O) groups excluding carboxylic acids is 1. The summed E-state index contributed by atoms with van der Waals surface area (Å²) in [6, 6.07) is 20.3. The van der Waals surface area contributed by atoms with Crippen LogP contribution in [0.25, 0.3) is 28.7 Å². The molecule has 34 heavy (non-hydrogen) atoms. The van der Waals surface area contributed by atoms with E-state index >= 15 is 0 Å². The van der Waals surface area contributed by atoms with Gasteiger partial charge >= 0.3 is 0 Å². The second-order valence-corrected chi connectivity index (χ2v) is 9.19. The van der Waals surface area contributed by atoms with Gasteiger partial charge in [-0.05, 0) is 66.8 Å². The Hall–Kier alpha value is -2.84. The van der Waals surface area contributed by atoms with E-state index in [-0.39, 0.29) is 5.11 Å². The van der Waals surface area contributed by atoms with Crippen LogP contribution < -0.4 is 10.6 Å². The number of hydrogen-bond donors (Lipinski definition) is 2. The highest BCUT2D eigenvalue weighted by Gasteiger charge is 2.11. The third-order valence-corrected chi connectivity index (χ3v) is 6.29. The minimum atomic E-state index is -0.397. The van der Waals surface area contributed by atoms with Gasteiger partial charge in [-0.3, -0.25) is 10.1 Å². The quantitative estimate of drug-likeness (QED) is 0.184. The number of hydrogen-bond acceptors (Lipinski definition) is 4. The summed E-state index contributed by atoms with van der Waals surface area (Å²) in [6.07, 6.45) is 2.87. The summed E-state index contributed by atoms with van der Waals surface area (Å²) < 4.78 is 12.6. The number of rotatable bonds is 6. The topological polar surface area (TPSA) is 67.4 Å². The van der Waals surface area contributed by atoms with Crippen LogP contribution >= 0.6 is 51.3 Å². The van der Waals surface area contributed by atoms with E-state index in [1.807, 2.05) is 36.4 Å². The monoisotopic (exact) mass is 574 g/mol. The van der Waals surface area contributed by atoms with Crippen LogP contribution in [0.2, 0.25) is 10.0 Å². The Morgan fingerprint density at radius 1 is 0.971 bits per heavy atom. The molecule has 2 N–H and O–H groups in total. The van der Waals surface area contributed by atoms with Crippen molar-refractivity contribution < 1.29 is 13.6 Å². The predicted octanol–water partition coefficient (Wildman–Crippen LogP) is 7.48. The zero-order chi connectivity index (χ0) is 24.1. The van der Waals surface area contributed by atoms with Crippen molar-refractivity contribution in [1.29, 1.82) is 0 Å².